The standard InChI is InChI=1S/C16H25N3O2/c1-12-6-7-15(21-3)14(9-12)18-16(20)11-19(2)10-13-5-4-8-17-13/h6-7,9,13,17H,4-5,8,10-11H2,1-3H3,(H,18,20). The van der Waals surface area contributed by atoms with Crippen LogP contribution in [0, 0.1) is 6.92 Å². The monoisotopic (exact) mass is 291 g/mol. The van der Waals surface area contributed by atoms with Crippen molar-refractivity contribution in [3.8, 4) is 5.75 Å². The third-order valence-electron chi connectivity index (χ3n) is 3.74. The van der Waals surface area contributed by atoms with E-state index in [0.29, 0.717) is 18.3 Å². The molecule has 1 amide bonds. The Morgan fingerprint density at radius 3 is 3.00 bits per heavy atom. The van der Waals surface area contributed by atoms with Crippen molar-refractivity contribution in [2.24, 2.45) is 0 Å². The number of methoxy groups -OCH3 is 1. The molecule has 1 saturated heterocycles. The number of ether oxygens (including phenoxy) is 1. The van der Waals surface area contributed by atoms with Crippen molar-refractivity contribution in [1.29, 1.82) is 0 Å². The van der Waals surface area contributed by atoms with Gasteiger partial charge in [0.1, 0.15) is 5.75 Å². The average Bonchev–Trinajstić information content (AvgIpc) is 2.91. The molecule has 0 saturated carbocycles. The molecule has 1 aliphatic heterocycles. The average molecular weight is 291 g/mol. The zero-order valence-corrected chi connectivity index (χ0v) is 13.1. The highest BCUT2D eigenvalue weighted by Crippen LogP contribution is 2.25. The van der Waals surface area contributed by atoms with Crippen LogP contribution in [0.5, 0.6) is 5.75 Å². The molecule has 1 heterocycles. The number of carbonyl (C=O) groups is 1. The van der Waals surface area contributed by atoms with E-state index in [1.807, 2.05) is 32.2 Å². The molecule has 1 aliphatic rings. The van der Waals surface area contributed by atoms with E-state index >= 15 is 0 Å². The second-order valence-corrected chi connectivity index (χ2v) is 5.74. The summed E-state index contributed by atoms with van der Waals surface area (Å²) in [4.78, 5) is 14.2. The van der Waals surface area contributed by atoms with Gasteiger partial charge < -0.3 is 15.4 Å². The third-order valence-corrected chi connectivity index (χ3v) is 3.74. The van der Waals surface area contributed by atoms with Gasteiger partial charge in [-0.1, -0.05) is 6.07 Å². The van der Waals surface area contributed by atoms with Crippen molar-refractivity contribution in [1.82, 2.24) is 10.2 Å². The lowest BCUT2D eigenvalue weighted by atomic mass is 10.2. The maximum atomic E-state index is 12.1. The van der Waals surface area contributed by atoms with E-state index in [-0.39, 0.29) is 5.91 Å². The van der Waals surface area contributed by atoms with E-state index in [1.54, 1.807) is 7.11 Å². The molecule has 1 fully saturated rings. The maximum absolute atomic E-state index is 12.1. The highest BCUT2D eigenvalue weighted by Gasteiger charge is 2.17. The Labute approximate surface area is 126 Å². The number of amides is 1. The summed E-state index contributed by atoms with van der Waals surface area (Å²) >= 11 is 0. The Balaban J connectivity index is 1.87. The number of likely N-dealkylation sites (N-methyl/N-ethyl adjacent to an activating group) is 1. The zero-order chi connectivity index (χ0) is 15.2. The molecule has 5 heteroatoms. The van der Waals surface area contributed by atoms with Gasteiger partial charge >= 0.3 is 0 Å². The van der Waals surface area contributed by atoms with E-state index in [0.717, 1.165) is 24.3 Å². The first-order valence-electron chi connectivity index (χ1n) is 7.45. The summed E-state index contributed by atoms with van der Waals surface area (Å²) in [7, 11) is 3.59. The van der Waals surface area contributed by atoms with Crippen molar-refractivity contribution < 1.29 is 9.53 Å². The van der Waals surface area contributed by atoms with Gasteiger partial charge in [0.25, 0.3) is 0 Å². The van der Waals surface area contributed by atoms with Crippen molar-refractivity contribution in [3.05, 3.63) is 23.8 Å². The second-order valence-electron chi connectivity index (χ2n) is 5.74. The number of carbonyl (C=O) groups excluding carboxylic acids is 1. The topological polar surface area (TPSA) is 53.6 Å². The van der Waals surface area contributed by atoms with E-state index < -0.39 is 0 Å². The lowest BCUT2D eigenvalue weighted by Crippen LogP contribution is -2.39. The normalized spacial score (nSPS) is 18.0. The van der Waals surface area contributed by atoms with Gasteiger partial charge in [0.2, 0.25) is 5.91 Å². The molecular weight excluding hydrogens is 266 g/mol. The fourth-order valence-corrected chi connectivity index (χ4v) is 2.71. The molecule has 1 aromatic carbocycles. The Morgan fingerprint density at radius 1 is 1.52 bits per heavy atom. The van der Waals surface area contributed by atoms with Crippen LogP contribution in [0.15, 0.2) is 18.2 Å². The van der Waals surface area contributed by atoms with Crippen LogP contribution in [-0.2, 0) is 4.79 Å². The van der Waals surface area contributed by atoms with Gasteiger partial charge in [0, 0.05) is 12.6 Å². The van der Waals surface area contributed by atoms with Crippen LogP contribution < -0.4 is 15.4 Å². The van der Waals surface area contributed by atoms with Gasteiger partial charge in [-0.2, -0.15) is 0 Å². The summed E-state index contributed by atoms with van der Waals surface area (Å²) in [6.07, 6.45) is 2.42. The molecule has 2 rings (SSSR count). The lowest BCUT2D eigenvalue weighted by molar-refractivity contribution is -0.117. The van der Waals surface area contributed by atoms with Gasteiger partial charge in [0.15, 0.2) is 0 Å². The number of nitrogens with zero attached hydrogens (tertiary/aromatic N) is 1. The second kappa shape index (κ2) is 7.43. The predicted octanol–water partition coefficient (Wildman–Crippen LogP) is 1.63. The highest BCUT2D eigenvalue weighted by molar-refractivity contribution is 5.93. The number of rotatable bonds is 6. The van der Waals surface area contributed by atoms with Crippen LogP contribution in [0.1, 0.15) is 18.4 Å². The summed E-state index contributed by atoms with van der Waals surface area (Å²) in [6.45, 7) is 4.37. The fraction of sp³-hybridized carbons (Fsp3) is 0.562. The summed E-state index contributed by atoms with van der Waals surface area (Å²) in [5.41, 5.74) is 1.82. The molecule has 1 unspecified atom stereocenters. The van der Waals surface area contributed by atoms with Gasteiger partial charge in [-0.05, 0) is 51.1 Å². The number of aryl methyl sites for hydroxylation is 1. The molecule has 21 heavy (non-hydrogen) atoms. The van der Waals surface area contributed by atoms with Crippen LogP contribution in [0.25, 0.3) is 0 Å². The zero-order valence-electron chi connectivity index (χ0n) is 13.1. The largest absolute Gasteiger partial charge is 0.495 e. The molecule has 0 aromatic heterocycles. The number of hydrogen-bond acceptors (Lipinski definition) is 4. The molecule has 0 aliphatic carbocycles. The van der Waals surface area contributed by atoms with Crippen LogP contribution in [0.4, 0.5) is 5.69 Å². The first-order valence-corrected chi connectivity index (χ1v) is 7.45. The molecule has 0 radical (unpaired) electrons. The minimum Gasteiger partial charge on any atom is -0.495 e. The van der Waals surface area contributed by atoms with E-state index in [1.165, 1.54) is 12.8 Å². The third kappa shape index (κ3) is 4.72. The minimum absolute atomic E-state index is 0.0144. The minimum atomic E-state index is -0.0144. The van der Waals surface area contributed by atoms with E-state index in [2.05, 4.69) is 15.5 Å². The summed E-state index contributed by atoms with van der Waals surface area (Å²) in [5.74, 6) is 0.674. The van der Waals surface area contributed by atoms with Gasteiger partial charge in [-0.15, -0.1) is 0 Å². The van der Waals surface area contributed by atoms with Gasteiger partial charge in [-0.25, -0.2) is 0 Å². The van der Waals surface area contributed by atoms with Crippen LogP contribution in [-0.4, -0.2) is 50.6 Å². The lowest BCUT2D eigenvalue weighted by Gasteiger charge is -2.20. The molecule has 1 atom stereocenters. The highest BCUT2D eigenvalue weighted by atomic mass is 16.5. The molecule has 0 spiro atoms. The Kier molecular flexibility index (Phi) is 5.59. The number of nitrogens with one attached hydrogen (secondary N) is 2. The SMILES string of the molecule is COc1ccc(C)cc1NC(=O)CN(C)CC1CCCN1. The van der Waals surface area contributed by atoms with Crippen molar-refractivity contribution in [2.45, 2.75) is 25.8 Å². The molecule has 2 N–H and O–H groups in total. The number of hydrogen-bond donors (Lipinski definition) is 2. The van der Waals surface area contributed by atoms with Crippen molar-refractivity contribution in [3.63, 3.8) is 0 Å². The Morgan fingerprint density at radius 2 is 2.33 bits per heavy atom. The predicted molar refractivity (Wildman–Crippen MR) is 84.9 cm³/mol. The summed E-state index contributed by atoms with van der Waals surface area (Å²) in [6, 6.07) is 6.27. The quantitative estimate of drug-likeness (QED) is 0.836. The molecule has 5 nitrogen and oxygen atoms in total. The smallest absolute Gasteiger partial charge is 0.238 e. The van der Waals surface area contributed by atoms with E-state index in [4.69, 9.17) is 4.74 Å². The Hall–Kier alpha value is -1.59. The fourth-order valence-electron chi connectivity index (χ4n) is 2.71. The molecular formula is C16H25N3O2. The van der Waals surface area contributed by atoms with E-state index in [9.17, 15) is 4.79 Å². The van der Waals surface area contributed by atoms with Crippen molar-refractivity contribution >= 4 is 11.6 Å². The van der Waals surface area contributed by atoms with Crippen LogP contribution >= 0.6 is 0 Å². The number of benzene rings is 1. The van der Waals surface area contributed by atoms with Gasteiger partial charge in [0.05, 0.1) is 19.3 Å². The first kappa shape index (κ1) is 15.8. The van der Waals surface area contributed by atoms with Crippen LogP contribution in [0.3, 0.4) is 0 Å². The molecule has 0 bridgehead atoms. The van der Waals surface area contributed by atoms with Crippen molar-refractivity contribution in [2.75, 3.05) is 39.1 Å². The molecule has 116 valence electrons. The maximum Gasteiger partial charge on any atom is 0.238 e. The summed E-state index contributed by atoms with van der Waals surface area (Å²) < 4.78 is 5.28. The van der Waals surface area contributed by atoms with Crippen LogP contribution in [0.2, 0.25) is 0 Å². The number of anilines is 1. The van der Waals surface area contributed by atoms with Gasteiger partial charge in [-0.3, -0.25) is 9.69 Å². The summed E-state index contributed by atoms with van der Waals surface area (Å²) in [5, 5.41) is 6.37. The Bertz CT molecular complexity index is 484. The molecule has 1 aromatic rings. The first-order chi connectivity index (χ1) is 10.1.